The molecule has 0 aliphatic rings. The molecule has 2 heterocycles. The van der Waals surface area contributed by atoms with Gasteiger partial charge in [0.2, 0.25) is 0 Å². The van der Waals surface area contributed by atoms with Crippen LogP contribution in [-0.2, 0) is 13.0 Å². The van der Waals surface area contributed by atoms with Gasteiger partial charge < -0.3 is 5.32 Å². The molecule has 2 aromatic heterocycles. The second kappa shape index (κ2) is 7.87. The first-order valence-electron chi connectivity index (χ1n) is 9.94. The van der Waals surface area contributed by atoms with Crippen LogP contribution in [0, 0.1) is 6.92 Å². The van der Waals surface area contributed by atoms with E-state index < -0.39 is 0 Å². The first-order valence-corrected chi connectivity index (χ1v) is 9.94. The summed E-state index contributed by atoms with van der Waals surface area (Å²) in [6.07, 6.45) is 2.58. The van der Waals surface area contributed by atoms with Crippen molar-refractivity contribution in [2.45, 2.75) is 33.7 Å². The Morgan fingerprint density at radius 2 is 1.86 bits per heavy atom. The third-order valence-electron chi connectivity index (χ3n) is 5.20. The lowest BCUT2D eigenvalue weighted by atomic mass is 10.0. The fraction of sp³-hybridized carbons (Fsp3) is 0.208. The van der Waals surface area contributed by atoms with Gasteiger partial charge in [0.15, 0.2) is 5.65 Å². The summed E-state index contributed by atoms with van der Waals surface area (Å²) in [7, 11) is 0. The number of hydrogen-bond donors (Lipinski definition) is 1. The van der Waals surface area contributed by atoms with Gasteiger partial charge in [-0.2, -0.15) is 5.10 Å². The maximum Gasteiger partial charge on any atom is 0.256 e. The van der Waals surface area contributed by atoms with E-state index >= 15 is 0 Å². The van der Waals surface area contributed by atoms with Crippen molar-refractivity contribution in [1.29, 1.82) is 0 Å². The molecular weight excluding hydrogens is 360 g/mol. The molecule has 4 rings (SSSR count). The maximum absolute atomic E-state index is 13.4. The minimum absolute atomic E-state index is 0.144. The number of hydrogen-bond acceptors (Lipinski definition) is 3. The molecule has 0 saturated carbocycles. The summed E-state index contributed by atoms with van der Waals surface area (Å²) in [5.41, 5.74) is 6.09. The Hall–Kier alpha value is -3.47. The van der Waals surface area contributed by atoms with Crippen LogP contribution in [0.15, 0.2) is 60.8 Å². The van der Waals surface area contributed by atoms with Gasteiger partial charge in [-0.1, -0.05) is 55.5 Å². The number of amides is 1. The second-order valence-corrected chi connectivity index (χ2v) is 7.04. The number of anilines is 1. The maximum atomic E-state index is 13.4. The molecule has 0 aliphatic heterocycles. The SMILES string of the molecule is CCc1cccc(C)c1NC(=O)c1cc(-c2ccccc2)nc2c1cnn2CC. The number of carbonyl (C=O) groups is 1. The van der Waals surface area contributed by atoms with Gasteiger partial charge in [0, 0.05) is 17.8 Å². The highest BCUT2D eigenvalue weighted by Crippen LogP contribution is 2.27. The summed E-state index contributed by atoms with van der Waals surface area (Å²) in [6.45, 7) is 6.81. The van der Waals surface area contributed by atoms with Gasteiger partial charge in [-0.05, 0) is 37.5 Å². The fourth-order valence-corrected chi connectivity index (χ4v) is 3.61. The van der Waals surface area contributed by atoms with E-state index in [9.17, 15) is 4.79 Å². The molecule has 146 valence electrons. The Morgan fingerprint density at radius 1 is 1.07 bits per heavy atom. The van der Waals surface area contributed by atoms with Crippen molar-refractivity contribution < 1.29 is 4.79 Å². The van der Waals surface area contributed by atoms with E-state index in [0.717, 1.165) is 45.5 Å². The number of aryl methyl sites for hydroxylation is 3. The molecule has 0 radical (unpaired) electrons. The molecule has 1 amide bonds. The summed E-state index contributed by atoms with van der Waals surface area (Å²) < 4.78 is 1.82. The third kappa shape index (κ3) is 3.51. The zero-order chi connectivity index (χ0) is 20.4. The molecule has 4 aromatic rings. The standard InChI is InChI=1S/C24H24N4O/c1-4-17-13-9-10-16(3)22(17)27-24(29)19-14-21(18-11-7-6-8-12-18)26-23-20(19)15-25-28(23)5-2/h6-15H,4-5H2,1-3H3,(H,27,29). The molecule has 0 bridgehead atoms. The molecule has 0 fully saturated rings. The Kier molecular flexibility index (Phi) is 5.12. The monoisotopic (exact) mass is 384 g/mol. The smallest absolute Gasteiger partial charge is 0.256 e. The number of fused-ring (bicyclic) bond motifs is 1. The quantitative estimate of drug-likeness (QED) is 0.512. The van der Waals surface area contributed by atoms with Crippen molar-refractivity contribution in [3.05, 3.63) is 77.5 Å². The van der Waals surface area contributed by atoms with E-state index in [0.29, 0.717) is 12.1 Å². The number of benzene rings is 2. The summed E-state index contributed by atoms with van der Waals surface area (Å²) in [5.74, 6) is -0.144. The van der Waals surface area contributed by atoms with Crippen molar-refractivity contribution in [2.75, 3.05) is 5.32 Å². The van der Waals surface area contributed by atoms with E-state index in [1.807, 2.05) is 67.1 Å². The number of carbonyl (C=O) groups excluding carboxylic acids is 1. The van der Waals surface area contributed by atoms with Gasteiger partial charge in [0.25, 0.3) is 5.91 Å². The molecule has 29 heavy (non-hydrogen) atoms. The van der Waals surface area contributed by atoms with Crippen molar-refractivity contribution in [1.82, 2.24) is 14.8 Å². The molecule has 5 heteroatoms. The lowest BCUT2D eigenvalue weighted by Gasteiger charge is -2.14. The average Bonchev–Trinajstić information content (AvgIpc) is 3.18. The van der Waals surface area contributed by atoms with Gasteiger partial charge in [0.05, 0.1) is 22.8 Å². The topological polar surface area (TPSA) is 59.8 Å². The predicted octanol–water partition coefficient (Wildman–Crippen LogP) is 5.24. The number of para-hydroxylation sites is 1. The fourth-order valence-electron chi connectivity index (χ4n) is 3.61. The normalized spacial score (nSPS) is 11.0. The molecule has 2 aromatic carbocycles. The van der Waals surface area contributed by atoms with E-state index in [4.69, 9.17) is 4.98 Å². The molecular formula is C24H24N4O. The highest BCUT2D eigenvalue weighted by molar-refractivity contribution is 6.13. The number of pyridine rings is 1. The zero-order valence-corrected chi connectivity index (χ0v) is 16.9. The molecule has 0 saturated heterocycles. The number of nitrogens with zero attached hydrogens (tertiary/aromatic N) is 3. The van der Waals surface area contributed by atoms with Crippen LogP contribution in [-0.4, -0.2) is 20.7 Å². The summed E-state index contributed by atoms with van der Waals surface area (Å²) >= 11 is 0. The number of rotatable bonds is 5. The molecule has 1 N–H and O–H groups in total. The largest absolute Gasteiger partial charge is 0.321 e. The second-order valence-electron chi connectivity index (χ2n) is 7.04. The lowest BCUT2D eigenvalue weighted by molar-refractivity contribution is 0.102. The third-order valence-corrected chi connectivity index (χ3v) is 5.20. The first kappa shape index (κ1) is 18.9. The molecule has 5 nitrogen and oxygen atoms in total. The van der Waals surface area contributed by atoms with Crippen LogP contribution in [0.5, 0.6) is 0 Å². The number of nitrogens with one attached hydrogen (secondary N) is 1. The minimum atomic E-state index is -0.144. The zero-order valence-electron chi connectivity index (χ0n) is 16.9. The van der Waals surface area contributed by atoms with Crippen LogP contribution in [0.3, 0.4) is 0 Å². The van der Waals surface area contributed by atoms with Crippen LogP contribution in [0.2, 0.25) is 0 Å². The van der Waals surface area contributed by atoms with Gasteiger partial charge >= 0.3 is 0 Å². The summed E-state index contributed by atoms with van der Waals surface area (Å²) in [6, 6.07) is 17.9. The van der Waals surface area contributed by atoms with Gasteiger partial charge in [-0.3, -0.25) is 4.79 Å². The molecule has 0 atom stereocenters. The van der Waals surface area contributed by atoms with E-state index in [1.54, 1.807) is 6.20 Å². The Balaban J connectivity index is 1.84. The van der Waals surface area contributed by atoms with E-state index in [2.05, 4.69) is 23.4 Å². The van der Waals surface area contributed by atoms with Crippen LogP contribution in [0.25, 0.3) is 22.3 Å². The van der Waals surface area contributed by atoms with Gasteiger partial charge in [-0.25, -0.2) is 9.67 Å². The van der Waals surface area contributed by atoms with Gasteiger partial charge in [-0.15, -0.1) is 0 Å². The predicted molar refractivity (Wildman–Crippen MR) is 117 cm³/mol. The Bertz CT molecular complexity index is 1180. The Morgan fingerprint density at radius 3 is 2.59 bits per heavy atom. The molecule has 0 aliphatic carbocycles. The molecule has 0 spiro atoms. The average molecular weight is 384 g/mol. The molecule has 0 unspecified atom stereocenters. The van der Waals surface area contributed by atoms with Gasteiger partial charge in [0.1, 0.15) is 0 Å². The summed E-state index contributed by atoms with van der Waals surface area (Å²) in [5, 5.41) is 8.32. The van der Waals surface area contributed by atoms with Crippen LogP contribution < -0.4 is 5.32 Å². The highest BCUT2D eigenvalue weighted by Gasteiger charge is 2.18. The van der Waals surface area contributed by atoms with E-state index in [1.165, 1.54) is 0 Å². The lowest BCUT2D eigenvalue weighted by Crippen LogP contribution is -2.15. The van der Waals surface area contributed by atoms with Crippen LogP contribution in [0.1, 0.15) is 35.3 Å². The summed E-state index contributed by atoms with van der Waals surface area (Å²) in [4.78, 5) is 18.2. The van der Waals surface area contributed by atoms with Crippen molar-refractivity contribution >= 4 is 22.6 Å². The van der Waals surface area contributed by atoms with E-state index in [-0.39, 0.29) is 5.91 Å². The van der Waals surface area contributed by atoms with Crippen molar-refractivity contribution in [3.63, 3.8) is 0 Å². The highest BCUT2D eigenvalue weighted by atomic mass is 16.1. The first-order chi connectivity index (χ1) is 14.1. The Labute approximate surface area is 170 Å². The van der Waals surface area contributed by atoms with Crippen LogP contribution in [0.4, 0.5) is 5.69 Å². The van der Waals surface area contributed by atoms with Crippen molar-refractivity contribution in [2.24, 2.45) is 0 Å². The van der Waals surface area contributed by atoms with Crippen molar-refractivity contribution in [3.8, 4) is 11.3 Å². The number of aromatic nitrogens is 3. The minimum Gasteiger partial charge on any atom is -0.321 e. The van der Waals surface area contributed by atoms with Crippen LogP contribution >= 0.6 is 0 Å².